The summed E-state index contributed by atoms with van der Waals surface area (Å²) in [5.41, 5.74) is 3.50. The van der Waals surface area contributed by atoms with Crippen molar-refractivity contribution in [1.82, 2.24) is 15.1 Å². The molecule has 0 saturated carbocycles. The fourth-order valence-corrected chi connectivity index (χ4v) is 2.65. The quantitative estimate of drug-likeness (QED) is 0.863. The van der Waals surface area contributed by atoms with Gasteiger partial charge in [-0.25, -0.2) is 0 Å². The van der Waals surface area contributed by atoms with Crippen LogP contribution in [0.2, 0.25) is 10.0 Å². The van der Waals surface area contributed by atoms with Crippen LogP contribution in [0.15, 0.2) is 24.4 Å². The van der Waals surface area contributed by atoms with Gasteiger partial charge in [-0.05, 0) is 30.5 Å². The van der Waals surface area contributed by atoms with Crippen molar-refractivity contribution in [3.63, 3.8) is 0 Å². The molecule has 1 N–H and O–H groups in total. The summed E-state index contributed by atoms with van der Waals surface area (Å²) in [6.45, 7) is 7.22. The van der Waals surface area contributed by atoms with E-state index in [1.807, 2.05) is 29.9 Å². The maximum absolute atomic E-state index is 6.07. The molecule has 0 spiro atoms. The van der Waals surface area contributed by atoms with Crippen molar-refractivity contribution >= 4 is 23.2 Å². The maximum atomic E-state index is 6.07. The third-order valence-corrected chi connectivity index (χ3v) is 4.27. The SMILES string of the molecule is CC(C)c1nn(C)cc1CNC(C)c1ccc(Cl)c(Cl)c1. The molecule has 5 heteroatoms. The molecule has 0 fully saturated rings. The van der Waals surface area contributed by atoms with Crippen molar-refractivity contribution < 1.29 is 0 Å². The molecular formula is C16H21Cl2N3. The standard InChI is InChI=1S/C16H21Cl2N3/c1-10(2)16-13(9-21(4)20-16)8-19-11(3)12-5-6-14(17)15(18)7-12/h5-7,9-11,19H,8H2,1-4H3. The van der Waals surface area contributed by atoms with Crippen molar-refractivity contribution in [1.29, 1.82) is 0 Å². The van der Waals surface area contributed by atoms with Crippen LogP contribution in [0.25, 0.3) is 0 Å². The summed E-state index contributed by atoms with van der Waals surface area (Å²) in [4.78, 5) is 0. The van der Waals surface area contributed by atoms with Gasteiger partial charge in [0, 0.05) is 31.4 Å². The van der Waals surface area contributed by atoms with Crippen molar-refractivity contribution in [3.8, 4) is 0 Å². The zero-order valence-corrected chi connectivity index (χ0v) is 14.3. The first kappa shape index (κ1) is 16.3. The average Bonchev–Trinajstić information content (AvgIpc) is 2.80. The van der Waals surface area contributed by atoms with Crippen LogP contribution in [-0.2, 0) is 13.6 Å². The number of aromatic nitrogens is 2. The number of nitrogens with zero attached hydrogens (tertiary/aromatic N) is 2. The zero-order chi connectivity index (χ0) is 15.6. The third kappa shape index (κ3) is 4.00. The molecule has 0 saturated heterocycles. The predicted octanol–water partition coefficient (Wildman–Crippen LogP) is 4.70. The first-order valence-electron chi connectivity index (χ1n) is 7.09. The van der Waals surface area contributed by atoms with E-state index in [0.29, 0.717) is 16.0 Å². The van der Waals surface area contributed by atoms with E-state index in [0.717, 1.165) is 17.8 Å². The topological polar surface area (TPSA) is 29.9 Å². The van der Waals surface area contributed by atoms with Crippen LogP contribution in [-0.4, -0.2) is 9.78 Å². The Bertz CT molecular complexity index is 620. The van der Waals surface area contributed by atoms with E-state index in [4.69, 9.17) is 23.2 Å². The van der Waals surface area contributed by atoms with Gasteiger partial charge >= 0.3 is 0 Å². The second-order valence-electron chi connectivity index (χ2n) is 5.64. The number of rotatable bonds is 5. The summed E-state index contributed by atoms with van der Waals surface area (Å²) >= 11 is 12.0. The average molecular weight is 326 g/mol. The molecule has 114 valence electrons. The number of hydrogen-bond acceptors (Lipinski definition) is 2. The van der Waals surface area contributed by atoms with Gasteiger partial charge in [-0.15, -0.1) is 0 Å². The van der Waals surface area contributed by atoms with Crippen LogP contribution in [0.1, 0.15) is 49.6 Å². The van der Waals surface area contributed by atoms with Gasteiger partial charge in [-0.2, -0.15) is 5.10 Å². The number of hydrogen-bond donors (Lipinski definition) is 1. The first-order valence-corrected chi connectivity index (χ1v) is 7.84. The smallest absolute Gasteiger partial charge is 0.0694 e. The van der Waals surface area contributed by atoms with Crippen molar-refractivity contribution in [2.24, 2.45) is 7.05 Å². The van der Waals surface area contributed by atoms with E-state index in [1.165, 1.54) is 5.56 Å². The summed E-state index contributed by atoms with van der Waals surface area (Å²) < 4.78 is 1.87. The highest BCUT2D eigenvalue weighted by Gasteiger charge is 2.13. The molecule has 2 aromatic rings. The molecular weight excluding hydrogens is 305 g/mol. The van der Waals surface area contributed by atoms with Gasteiger partial charge in [0.05, 0.1) is 15.7 Å². The molecule has 0 radical (unpaired) electrons. The van der Waals surface area contributed by atoms with Gasteiger partial charge < -0.3 is 5.32 Å². The Labute approximate surface area is 136 Å². The molecule has 0 aliphatic heterocycles. The second-order valence-corrected chi connectivity index (χ2v) is 6.46. The molecule has 0 aliphatic rings. The van der Waals surface area contributed by atoms with Crippen molar-refractivity contribution in [2.45, 2.75) is 39.3 Å². The summed E-state index contributed by atoms with van der Waals surface area (Å²) in [5.74, 6) is 0.420. The number of aryl methyl sites for hydroxylation is 1. The number of nitrogens with one attached hydrogen (secondary N) is 1. The van der Waals surface area contributed by atoms with Crippen molar-refractivity contribution in [2.75, 3.05) is 0 Å². The predicted molar refractivity (Wildman–Crippen MR) is 89.0 cm³/mol. The van der Waals surface area contributed by atoms with Crippen LogP contribution < -0.4 is 5.32 Å². The highest BCUT2D eigenvalue weighted by atomic mass is 35.5. The van der Waals surface area contributed by atoms with Gasteiger partial charge in [0.15, 0.2) is 0 Å². The first-order chi connectivity index (χ1) is 9.88. The maximum Gasteiger partial charge on any atom is 0.0694 e. The van der Waals surface area contributed by atoms with Gasteiger partial charge in [-0.3, -0.25) is 4.68 Å². The van der Waals surface area contributed by atoms with Crippen LogP contribution in [0.4, 0.5) is 0 Å². The van der Waals surface area contributed by atoms with Gasteiger partial charge in [0.25, 0.3) is 0 Å². The number of halogens is 2. The van der Waals surface area contributed by atoms with Gasteiger partial charge in [0.2, 0.25) is 0 Å². The van der Waals surface area contributed by atoms with Crippen LogP contribution in [0, 0.1) is 0 Å². The molecule has 0 bridgehead atoms. The summed E-state index contributed by atoms with van der Waals surface area (Å²) in [5, 5.41) is 9.22. The molecule has 0 aliphatic carbocycles. The summed E-state index contributed by atoms with van der Waals surface area (Å²) in [7, 11) is 1.96. The lowest BCUT2D eigenvalue weighted by atomic mass is 10.1. The molecule has 1 atom stereocenters. The van der Waals surface area contributed by atoms with E-state index in [9.17, 15) is 0 Å². The Morgan fingerprint density at radius 2 is 1.90 bits per heavy atom. The van der Waals surface area contributed by atoms with E-state index >= 15 is 0 Å². The largest absolute Gasteiger partial charge is 0.306 e. The fraction of sp³-hybridized carbons (Fsp3) is 0.438. The Morgan fingerprint density at radius 3 is 2.52 bits per heavy atom. The number of benzene rings is 1. The van der Waals surface area contributed by atoms with Gasteiger partial charge in [0.1, 0.15) is 0 Å². The molecule has 2 rings (SSSR count). The Hall–Kier alpha value is -1.03. The zero-order valence-electron chi connectivity index (χ0n) is 12.8. The van der Waals surface area contributed by atoms with Gasteiger partial charge in [-0.1, -0.05) is 43.1 Å². The minimum atomic E-state index is 0.194. The lowest BCUT2D eigenvalue weighted by molar-refractivity contribution is 0.570. The summed E-state index contributed by atoms with van der Waals surface area (Å²) in [6, 6.07) is 5.94. The normalized spacial score (nSPS) is 12.9. The molecule has 21 heavy (non-hydrogen) atoms. The van der Waals surface area contributed by atoms with E-state index in [-0.39, 0.29) is 6.04 Å². The lowest BCUT2D eigenvalue weighted by Crippen LogP contribution is -2.18. The molecule has 1 unspecified atom stereocenters. The highest BCUT2D eigenvalue weighted by molar-refractivity contribution is 6.42. The summed E-state index contributed by atoms with van der Waals surface area (Å²) in [6.07, 6.45) is 2.07. The Morgan fingerprint density at radius 1 is 1.19 bits per heavy atom. The second kappa shape index (κ2) is 6.82. The van der Waals surface area contributed by atoms with Crippen LogP contribution in [0.3, 0.4) is 0 Å². The Kier molecular flexibility index (Phi) is 5.31. The molecule has 1 aromatic carbocycles. The van der Waals surface area contributed by atoms with Crippen LogP contribution in [0.5, 0.6) is 0 Å². The van der Waals surface area contributed by atoms with E-state index in [1.54, 1.807) is 0 Å². The molecule has 1 aromatic heterocycles. The van der Waals surface area contributed by atoms with Crippen molar-refractivity contribution in [3.05, 3.63) is 51.3 Å². The van der Waals surface area contributed by atoms with Crippen LogP contribution >= 0.6 is 23.2 Å². The Balaban J connectivity index is 2.07. The molecule has 1 heterocycles. The highest BCUT2D eigenvalue weighted by Crippen LogP contribution is 2.26. The minimum Gasteiger partial charge on any atom is -0.306 e. The molecule has 0 amide bonds. The van der Waals surface area contributed by atoms with E-state index in [2.05, 4.69) is 37.4 Å². The molecule has 3 nitrogen and oxygen atoms in total. The lowest BCUT2D eigenvalue weighted by Gasteiger charge is -2.15. The van der Waals surface area contributed by atoms with E-state index < -0.39 is 0 Å². The fourth-order valence-electron chi connectivity index (χ4n) is 2.34. The third-order valence-electron chi connectivity index (χ3n) is 3.53. The minimum absolute atomic E-state index is 0.194. The monoisotopic (exact) mass is 325 g/mol.